The minimum absolute atomic E-state index is 0.300. The van der Waals surface area contributed by atoms with Crippen molar-refractivity contribution in [3.8, 4) is 23.0 Å². The predicted molar refractivity (Wildman–Crippen MR) is 99.8 cm³/mol. The normalized spacial score (nSPS) is 10.8. The number of hydrogen-bond donors (Lipinski definition) is 0. The van der Waals surface area contributed by atoms with Crippen molar-refractivity contribution in [1.29, 1.82) is 0 Å². The highest BCUT2D eigenvalue weighted by atomic mass is 32.2. The molecule has 3 rings (SSSR count). The van der Waals surface area contributed by atoms with Gasteiger partial charge in [-0.1, -0.05) is 12.1 Å². The summed E-state index contributed by atoms with van der Waals surface area (Å²) in [5, 5.41) is 0.372. The van der Waals surface area contributed by atoms with Crippen LogP contribution in [0.25, 0.3) is 22.4 Å². The number of fused-ring (bicyclic) bond motifs is 1. The van der Waals surface area contributed by atoms with E-state index in [2.05, 4.69) is 4.98 Å². The summed E-state index contributed by atoms with van der Waals surface area (Å²) in [5.74, 6) is 1.39. The van der Waals surface area contributed by atoms with Gasteiger partial charge in [0.15, 0.2) is 11.5 Å². The summed E-state index contributed by atoms with van der Waals surface area (Å²) in [6.45, 7) is 4.74. The van der Waals surface area contributed by atoms with Crippen LogP contribution in [0.1, 0.15) is 13.8 Å². The van der Waals surface area contributed by atoms with E-state index in [4.69, 9.17) is 13.9 Å². The average molecular weight is 357 g/mol. The lowest BCUT2D eigenvalue weighted by atomic mass is 10.2. The van der Waals surface area contributed by atoms with Gasteiger partial charge in [-0.15, -0.1) is 11.8 Å². The Balaban J connectivity index is 2.21. The third kappa shape index (κ3) is 3.49. The van der Waals surface area contributed by atoms with Crippen LogP contribution < -0.4 is 15.1 Å². The fourth-order valence-electron chi connectivity index (χ4n) is 2.55. The number of hydrogen-bond acceptors (Lipinski definition) is 6. The van der Waals surface area contributed by atoms with Gasteiger partial charge < -0.3 is 13.9 Å². The number of aromatic nitrogens is 1. The minimum Gasteiger partial charge on any atom is -0.490 e. The van der Waals surface area contributed by atoms with Crippen molar-refractivity contribution in [2.45, 2.75) is 18.7 Å². The van der Waals surface area contributed by atoms with E-state index in [1.54, 1.807) is 23.9 Å². The molecule has 1 aromatic heterocycles. The van der Waals surface area contributed by atoms with Gasteiger partial charge in [-0.25, -0.2) is 9.78 Å². The molecule has 0 aliphatic heterocycles. The molecule has 0 fully saturated rings. The first-order chi connectivity index (χ1) is 12.2. The molecule has 25 heavy (non-hydrogen) atoms. The van der Waals surface area contributed by atoms with Gasteiger partial charge in [-0.05, 0) is 32.2 Å². The maximum Gasteiger partial charge on any atom is 0.347 e. The predicted octanol–water partition coefficient (Wildman–Crippen LogP) is 4.37. The van der Waals surface area contributed by atoms with Crippen LogP contribution in [-0.4, -0.2) is 24.5 Å². The number of nitrogens with zero attached hydrogens (tertiary/aromatic N) is 1. The number of benzene rings is 2. The van der Waals surface area contributed by atoms with Crippen molar-refractivity contribution >= 4 is 22.7 Å². The second-order valence-corrected chi connectivity index (χ2v) is 6.04. The summed E-state index contributed by atoms with van der Waals surface area (Å²) in [4.78, 5) is 18.0. The van der Waals surface area contributed by atoms with E-state index >= 15 is 0 Å². The van der Waals surface area contributed by atoms with Crippen molar-refractivity contribution in [2.75, 3.05) is 19.5 Å². The molecule has 0 amide bonds. The molecule has 0 bridgehead atoms. The largest absolute Gasteiger partial charge is 0.490 e. The molecule has 130 valence electrons. The molecular formula is C19H19NO4S. The van der Waals surface area contributed by atoms with E-state index in [1.807, 2.05) is 44.4 Å². The molecule has 0 aliphatic carbocycles. The fourth-order valence-corrected chi connectivity index (χ4v) is 3.14. The van der Waals surface area contributed by atoms with Gasteiger partial charge in [-0.2, -0.15) is 0 Å². The Hall–Kier alpha value is -2.47. The summed E-state index contributed by atoms with van der Waals surface area (Å²) in [6, 6.07) is 11.1. The van der Waals surface area contributed by atoms with Crippen LogP contribution >= 0.6 is 11.8 Å². The molecule has 0 unspecified atom stereocenters. The van der Waals surface area contributed by atoms with Crippen LogP contribution in [0.2, 0.25) is 0 Å². The van der Waals surface area contributed by atoms with Crippen LogP contribution in [0.4, 0.5) is 0 Å². The minimum atomic E-state index is -0.445. The Morgan fingerprint density at radius 1 is 1.08 bits per heavy atom. The molecule has 3 aromatic rings. The van der Waals surface area contributed by atoms with E-state index in [0.717, 1.165) is 10.5 Å². The van der Waals surface area contributed by atoms with E-state index < -0.39 is 5.63 Å². The highest BCUT2D eigenvalue weighted by Crippen LogP contribution is 2.33. The second-order valence-electron chi connectivity index (χ2n) is 5.19. The average Bonchev–Trinajstić information content (AvgIpc) is 2.63. The maximum absolute atomic E-state index is 12.5. The quantitative estimate of drug-likeness (QED) is 0.610. The summed E-state index contributed by atoms with van der Waals surface area (Å²) < 4.78 is 16.7. The molecule has 6 heteroatoms. The van der Waals surface area contributed by atoms with Crippen LogP contribution in [-0.2, 0) is 0 Å². The summed E-state index contributed by atoms with van der Waals surface area (Å²) >= 11 is 1.58. The lowest BCUT2D eigenvalue weighted by molar-refractivity contribution is 0.288. The van der Waals surface area contributed by atoms with Gasteiger partial charge in [0.1, 0.15) is 0 Å². The van der Waals surface area contributed by atoms with Gasteiger partial charge >= 0.3 is 5.63 Å². The van der Waals surface area contributed by atoms with Gasteiger partial charge in [0, 0.05) is 17.0 Å². The van der Waals surface area contributed by atoms with Crippen molar-refractivity contribution in [3.63, 3.8) is 0 Å². The molecule has 0 saturated heterocycles. The molecule has 0 spiro atoms. The van der Waals surface area contributed by atoms with E-state index in [9.17, 15) is 4.79 Å². The standard InChI is InChI=1S/C19H19NO4S/c1-4-22-15-10-13-14(11-16(15)23-5-2)20-18(24-19(13)21)12-8-6-7-9-17(12)25-3/h6-11H,4-5H2,1-3H3. The third-order valence-corrected chi connectivity index (χ3v) is 4.43. The molecule has 5 nitrogen and oxygen atoms in total. The molecule has 0 N–H and O–H groups in total. The topological polar surface area (TPSA) is 61.6 Å². The first-order valence-electron chi connectivity index (χ1n) is 8.05. The first-order valence-corrected chi connectivity index (χ1v) is 9.28. The van der Waals surface area contributed by atoms with Crippen molar-refractivity contribution in [3.05, 3.63) is 46.8 Å². The lowest BCUT2D eigenvalue weighted by Crippen LogP contribution is -2.06. The molecule has 1 heterocycles. The van der Waals surface area contributed by atoms with Crippen molar-refractivity contribution in [1.82, 2.24) is 4.98 Å². The molecule has 0 atom stereocenters. The number of thioether (sulfide) groups is 1. The van der Waals surface area contributed by atoms with Gasteiger partial charge in [0.2, 0.25) is 5.89 Å². The van der Waals surface area contributed by atoms with Crippen LogP contribution in [0.3, 0.4) is 0 Å². The van der Waals surface area contributed by atoms with Gasteiger partial charge in [0.05, 0.1) is 29.7 Å². The third-order valence-electron chi connectivity index (χ3n) is 3.63. The zero-order chi connectivity index (χ0) is 17.8. The Bertz CT molecular complexity index is 952. The Morgan fingerprint density at radius 3 is 2.44 bits per heavy atom. The lowest BCUT2D eigenvalue weighted by Gasteiger charge is -2.12. The Morgan fingerprint density at radius 2 is 1.76 bits per heavy atom. The summed E-state index contributed by atoms with van der Waals surface area (Å²) in [6.07, 6.45) is 1.97. The summed E-state index contributed by atoms with van der Waals surface area (Å²) in [5.41, 5.74) is 0.870. The Kier molecular flexibility index (Phi) is 5.28. The van der Waals surface area contributed by atoms with Crippen molar-refractivity contribution < 1.29 is 13.9 Å². The maximum atomic E-state index is 12.5. The molecule has 0 saturated carbocycles. The summed E-state index contributed by atoms with van der Waals surface area (Å²) in [7, 11) is 0. The first kappa shape index (κ1) is 17.4. The molecule has 0 radical (unpaired) electrons. The smallest absolute Gasteiger partial charge is 0.347 e. The zero-order valence-corrected chi connectivity index (χ0v) is 15.2. The zero-order valence-electron chi connectivity index (χ0n) is 14.4. The van der Waals surface area contributed by atoms with Crippen molar-refractivity contribution in [2.24, 2.45) is 0 Å². The van der Waals surface area contributed by atoms with Gasteiger partial charge in [0.25, 0.3) is 0 Å². The molecule has 2 aromatic carbocycles. The van der Waals surface area contributed by atoms with Crippen LogP contribution in [0, 0.1) is 0 Å². The van der Waals surface area contributed by atoms with Gasteiger partial charge in [-0.3, -0.25) is 0 Å². The van der Waals surface area contributed by atoms with E-state index in [1.165, 1.54) is 0 Å². The fraction of sp³-hybridized carbons (Fsp3) is 0.263. The highest BCUT2D eigenvalue weighted by Gasteiger charge is 2.15. The second kappa shape index (κ2) is 7.61. The molecular weight excluding hydrogens is 338 g/mol. The Labute approximate surface area is 150 Å². The monoisotopic (exact) mass is 357 g/mol. The SMILES string of the molecule is CCOc1cc2nc(-c3ccccc3SC)oc(=O)c2cc1OCC. The molecule has 0 aliphatic rings. The number of rotatable bonds is 6. The van der Waals surface area contributed by atoms with Crippen LogP contribution in [0.5, 0.6) is 11.5 Å². The van der Waals surface area contributed by atoms with E-state index in [0.29, 0.717) is 41.5 Å². The highest BCUT2D eigenvalue weighted by molar-refractivity contribution is 7.98. The number of ether oxygens (including phenoxy) is 2. The van der Waals surface area contributed by atoms with Crippen LogP contribution in [0.15, 0.2) is 50.5 Å². The van der Waals surface area contributed by atoms with E-state index in [-0.39, 0.29) is 0 Å².